The van der Waals surface area contributed by atoms with Gasteiger partial charge in [-0.2, -0.15) is 11.8 Å². The van der Waals surface area contributed by atoms with Crippen LogP contribution in [0.15, 0.2) is 30.3 Å². The number of likely N-dealkylation sites (tertiary alicyclic amines) is 1. The summed E-state index contributed by atoms with van der Waals surface area (Å²) in [6.07, 6.45) is 2.16. The first-order chi connectivity index (χ1) is 11.7. The van der Waals surface area contributed by atoms with Crippen LogP contribution in [0, 0.1) is 0 Å². The molecule has 3 rings (SSSR count). The van der Waals surface area contributed by atoms with Crippen molar-refractivity contribution >= 4 is 17.7 Å². The number of piperidine rings is 1. The topological polar surface area (TPSA) is 26.8 Å². The average Bonchev–Trinajstić information content (AvgIpc) is 2.64. The predicted octanol–water partition coefficient (Wildman–Crippen LogP) is 2.33. The van der Waals surface area contributed by atoms with Crippen molar-refractivity contribution in [3.63, 3.8) is 0 Å². The summed E-state index contributed by atoms with van der Waals surface area (Å²) < 4.78 is 0. The monoisotopic (exact) mass is 347 g/mol. The molecule has 5 heteroatoms. The Bertz CT molecular complexity index is 525. The van der Waals surface area contributed by atoms with Gasteiger partial charge in [0.05, 0.1) is 0 Å². The van der Waals surface area contributed by atoms with Crippen molar-refractivity contribution in [2.75, 3.05) is 51.8 Å². The summed E-state index contributed by atoms with van der Waals surface area (Å²) in [5.74, 6) is 2.51. The van der Waals surface area contributed by atoms with Crippen molar-refractivity contribution in [1.82, 2.24) is 14.7 Å². The van der Waals surface area contributed by atoms with Crippen molar-refractivity contribution in [3.05, 3.63) is 35.9 Å². The molecule has 0 N–H and O–H groups in total. The molecule has 2 heterocycles. The Labute approximate surface area is 150 Å². The Hall–Kier alpha value is -1.04. The second kappa shape index (κ2) is 8.37. The van der Waals surface area contributed by atoms with E-state index in [1.54, 1.807) is 0 Å². The highest BCUT2D eigenvalue weighted by Crippen LogP contribution is 2.28. The minimum atomic E-state index is -0.128. The normalized spacial score (nSPS) is 22.2. The molecule has 2 fully saturated rings. The van der Waals surface area contributed by atoms with Gasteiger partial charge in [-0.25, -0.2) is 0 Å². The number of carbonyl (C=O) groups excluding carboxylic acids is 1. The third-order valence-electron chi connectivity index (χ3n) is 5.34. The number of likely N-dealkylation sites (N-methyl/N-ethyl adjacent to an activating group) is 1. The van der Waals surface area contributed by atoms with E-state index in [9.17, 15) is 4.79 Å². The molecule has 2 aliphatic rings. The summed E-state index contributed by atoms with van der Waals surface area (Å²) in [4.78, 5) is 20.1. The summed E-state index contributed by atoms with van der Waals surface area (Å²) in [6, 6.07) is 10.6. The second-order valence-corrected chi connectivity index (χ2v) is 8.17. The largest absolute Gasteiger partial charge is 0.341 e. The van der Waals surface area contributed by atoms with E-state index in [4.69, 9.17) is 0 Å². The Kier molecular flexibility index (Phi) is 6.19. The van der Waals surface area contributed by atoms with Crippen LogP contribution in [0.5, 0.6) is 0 Å². The second-order valence-electron chi connectivity index (χ2n) is 6.95. The van der Waals surface area contributed by atoms with E-state index < -0.39 is 0 Å². The minimum absolute atomic E-state index is 0.128. The molecular formula is C19H29N3OS. The first kappa shape index (κ1) is 17.8. The van der Waals surface area contributed by atoms with E-state index in [0.29, 0.717) is 6.04 Å². The van der Waals surface area contributed by atoms with Crippen molar-refractivity contribution in [1.29, 1.82) is 0 Å². The molecule has 0 radical (unpaired) electrons. The molecule has 1 aromatic rings. The number of amides is 1. The van der Waals surface area contributed by atoms with Gasteiger partial charge < -0.3 is 9.80 Å². The maximum absolute atomic E-state index is 13.4. The molecule has 1 aromatic carbocycles. The lowest BCUT2D eigenvalue weighted by Crippen LogP contribution is -2.50. The van der Waals surface area contributed by atoms with Gasteiger partial charge in [0.25, 0.3) is 0 Å². The van der Waals surface area contributed by atoms with E-state index in [-0.39, 0.29) is 11.9 Å². The molecule has 2 saturated heterocycles. The SMILES string of the molecule is CN1CCC(N(C)C(=O)[C@H](c2ccccc2)N2CCSCC2)CC1. The highest BCUT2D eigenvalue weighted by atomic mass is 32.2. The standard InChI is InChI=1S/C19H29N3OS/c1-20-10-8-17(9-11-20)21(2)19(23)18(16-6-4-3-5-7-16)22-12-14-24-15-13-22/h3-7,17-18H,8-15H2,1-2H3/t18-/m0/s1. The number of thioether (sulfide) groups is 1. The summed E-state index contributed by atoms with van der Waals surface area (Å²) >= 11 is 1.99. The molecule has 0 aromatic heterocycles. The maximum Gasteiger partial charge on any atom is 0.244 e. The summed E-state index contributed by atoms with van der Waals surface area (Å²) in [7, 11) is 4.17. The Morgan fingerprint density at radius 2 is 1.75 bits per heavy atom. The fourth-order valence-electron chi connectivity index (χ4n) is 3.74. The van der Waals surface area contributed by atoms with Gasteiger partial charge in [-0.3, -0.25) is 9.69 Å². The minimum Gasteiger partial charge on any atom is -0.341 e. The lowest BCUT2D eigenvalue weighted by Gasteiger charge is -2.40. The average molecular weight is 348 g/mol. The van der Waals surface area contributed by atoms with Crippen LogP contribution in [-0.2, 0) is 4.79 Å². The summed E-state index contributed by atoms with van der Waals surface area (Å²) in [5.41, 5.74) is 1.13. The van der Waals surface area contributed by atoms with Crippen LogP contribution in [0.25, 0.3) is 0 Å². The van der Waals surface area contributed by atoms with Crippen LogP contribution in [0.2, 0.25) is 0 Å². The van der Waals surface area contributed by atoms with Crippen molar-refractivity contribution in [2.24, 2.45) is 0 Å². The summed E-state index contributed by atoms with van der Waals surface area (Å²) in [6.45, 7) is 4.16. The van der Waals surface area contributed by atoms with Gasteiger partial charge in [0.2, 0.25) is 5.91 Å². The molecule has 1 atom stereocenters. The van der Waals surface area contributed by atoms with E-state index in [1.807, 2.05) is 41.9 Å². The van der Waals surface area contributed by atoms with Gasteiger partial charge in [0, 0.05) is 37.7 Å². The van der Waals surface area contributed by atoms with Crippen LogP contribution < -0.4 is 0 Å². The van der Waals surface area contributed by atoms with Gasteiger partial charge >= 0.3 is 0 Å². The number of nitrogens with zero attached hydrogens (tertiary/aromatic N) is 3. The molecule has 0 saturated carbocycles. The first-order valence-electron chi connectivity index (χ1n) is 8.99. The first-order valence-corrected chi connectivity index (χ1v) is 10.1. The lowest BCUT2D eigenvalue weighted by atomic mass is 9.99. The fraction of sp³-hybridized carbons (Fsp3) is 0.632. The molecule has 1 amide bonds. The quantitative estimate of drug-likeness (QED) is 0.835. The van der Waals surface area contributed by atoms with E-state index in [1.165, 1.54) is 0 Å². The smallest absolute Gasteiger partial charge is 0.244 e. The molecule has 2 aliphatic heterocycles. The van der Waals surface area contributed by atoms with Gasteiger partial charge in [-0.15, -0.1) is 0 Å². The molecule has 4 nitrogen and oxygen atoms in total. The highest BCUT2D eigenvalue weighted by Gasteiger charge is 2.34. The van der Waals surface area contributed by atoms with Crippen LogP contribution in [0.1, 0.15) is 24.4 Å². The van der Waals surface area contributed by atoms with Crippen molar-refractivity contribution in [3.8, 4) is 0 Å². The van der Waals surface area contributed by atoms with Gasteiger partial charge in [-0.05, 0) is 38.5 Å². The molecule has 132 valence electrons. The van der Waals surface area contributed by atoms with Crippen molar-refractivity contribution < 1.29 is 4.79 Å². The number of rotatable bonds is 4. The van der Waals surface area contributed by atoms with E-state index in [2.05, 4.69) is 29.0 Å². The molecular weight excluding hydrogens is 318 g/mol. The lowest BCUT2D eigenvalue weighted by molar-refractivity contribution is -0.139. The zero-order valence-electron chi connectivity index (χ0n) is 14.9. The van der Waals surface area contributed by atoms with Crippen LogP contribution in [-0.4, -0.2) is 78.4 Å². The van der Waals surface area contributed by atoms with Crippen LogP contribution >= 0.6 is 11.8 Å². The third-order valence-corrected chi connectivity index (χ3v) is 6.29. The molecule has 0 bridgehead atoms. The van der Waals surface area contributed by atoms with Gasteiger partial charge in [-0.1, -0.05) is 30.3 Å². The maximum atomic E-state index is 13.4. The van der Waals surface area contributed by atoms with Gasteiger partial charge in [0.15, 0.2) is 0 Å². The molecule has 24 heavy (non-hydrogen) atoms. The highest BCUT2D eigenvalue weighted by molar-refractivity contribution is 7.99. The summed E-state index contributed by atoms with van der Waals surface area (Å²) in [5, 5.41) is 0. The molecule has 0 spiro atoms. The number of carbonyl (C=O) groups is 1. The van der Waals surface area contributed by atoms with Gasteiger partial charge in [0.1, 0.15) is 6.04 Å². The Morgan fingerprint density at radius 3 is 2.38 bits per heavy atom. The predicted molar refractivity (Wildman–Crippen MR) is 101 cm³/mol. The fourth-order valence-corrected chi connectivity index (χ4v) is 4.67. The molecule has 0 aliphatic carbocycles. The van der Waals surface area contributed by atoms with Crippen LogP contribution in [0.3, 0.4) is 0 Å². The van der Waals surface area contributed by atoms with Crippen molar-refractivity contribution in [2.45, 2.75) is 24.9 Å². The Morgan fingerprint density at radius 1 is 1.12 bits per heavy atom. The zero-order valence-corrected chi connectivity index (χ0v) is 15.7. The number of hydrogen-bond donors (Lipinski definition) is 0. The Balaban J connectivity index is 1.77. The van der Waals surface area contributed by atoms with E-state index >= 15 is 0 Å². The third kappa shape index (κ3) is 4.13. The molecule has 0 unspecified atom stereocenters. The van der Waals surface area contributed by atoms with E-state index in [0.717, 1.165) is 56.1 Å². The zero-order chi connectivity index (χ0) is 16.9. The number of benzene rings is 1. The number of hydrogen-bond acceptors (Lipinski definition) is 4. The van der Waals surface area contributed by atoms with Crippen LogP contribution in [0.4, 0.5) is 0 Å².